The molecule has 82 heavy (non-hydrogen) atoms. The maximum atomic E-state index is 12.9. The number of unbranched alkanes of at least 4 members (excludes halogenated alkanes) is 43. The van der Waals surface area contributed by atoms with E-state index in [0.29, 0.717) is 17.4 Å². The normalized spacial score (nSPS) is 12.9. The molecular formula is C73H136NO8+. The number of rotatable bonds is 66. The number of carboxylic acid groups (broad SMARTS) is 1. The highest BCUT2D eigenvalue weighted by molar-refractivity contribution is 5.71. The van der Waals surface area contributed by atoms with Crippen LogP contribution in [0.25, 0.3) is 0 Å². The quantitative estimate of drug-likeness (QED) is 0.0211. The summed E-state index contributed by atoms with van der Waals surface area (Å²) in [6.45, 7) is 4.82. The van der Waals surface area contributed by atoms with Crippen LogP contribution in [0.3, 0.4) is 0 Å². The Bertz CT molecular complexity index is 1480. The number of carbonyl (C=O) groups excluding carboxylic acids is 2. The van der Waals surface area contributed by atoms with Crippen LogP contribution in [0.2, 0.25) is 0 Å². The Kier molecular flexibility index (Phi) is 62.1. The van der Waals surface area contributed by atoms with Gasteiger partial charge in [0.05, 0.1) is 34.4 Å². The molecule has 2 unspecified atom stereocenters. The summed E-state index contributed by atoms with van der Waals surface area (Å²) in [5.41, 5.74) is 0. The molecule has 0 rings (SSSR count). The van der Waals surface area contributed by atoms with Crippen molar-refractivity contribution in [3.8, 4) is 0 Å². The van der Waals surface area contributed by atoms with Gasteiger partial charge in [-0.05, 0) is 51.4 Å². The van der Waals surface area contributed by atoms with Gasteiger partial charge in [-0.25, -0.2) is 4.79 Å². The third-order valence-corrected chi connectivity index (χ3v) is 15.8. The Hall–Kier alpha value is -2.75. The highest BCUT2D eigenvalue weighted by Gasteiger charge is 2.25. The molecule has 0 aromatic carbocycles. The Balaban J connectivity index is 4.03. The van der Waals surface area contributed by atoms with Crippen LogP contribution in [-0.4, -0.2) is 87.4 Å². The van der Waals surface area contributed by atoms with Crippen LogP contribution in [0.5, 0.6) is 0 Å². The molecule has 0 aliphatic carbocycles. The van der Waals surface area contributed by atoms with Crippen molar-refractivity contribution in [1.82, 2.24) is 0 Å². The minimum absolute atomic E-state index is 0.181. The summed E-state index contributed by atoms with van der Waals surface area (Å²) < 4.78 is 23.0. The third-order valence-electron chi connectivity index (χ3n) is 15.8. The lowest BCUT2D eigenvalue weighted by Gasteiger charge is -2.25. The predicted molar refractivity (Wildman–Crippen MR) is 350 cm³/mol. The Morgan fingerprint density at radius 1 is 0.378 bits per heavy atom. The van der Waals surface area contributed by atoms with Crippen LogP contribution in [0.1, 0.15) is 341 Å². The average Bonchev–Trinajstić information content (AvgIpc) is 3.45. The SMILES string of the molecule is CC/C=C\C/C=C\C/C=C\C/C=C\CCCCCCCCCCCCC(=O)OC(COC(=O)CCCCCCCCCCCCCCCCCCCCCCCCCCCCCCCCCCCC)COC(OCC[N+](C)(C)C)C(=O)O. The lowest BCUT2D eigenvalue weighted by molar-refractivity contribution is -0.870. The number of carbonyl (C=O) groups is 3. The van der Waals surface area contributed by atoms with Crippen molar-refractivity contribution >= 4 is 17.9 Å². The number of allylic oxidation sites excluding steroid dienone is 8. The molecule has 0 aromatic rings. The molecule has 0 saturated heterocycles. The van der Waals surface area contributed by atoms with E-state index in [-0.39, 0.29) is 32.2 Å². The van der Waals surface area contributed by atoms with Gasteiger partial charge < -0.3 is 28.5 Å². The molecule has 0 aromatic heterocycles. The lowest BCUT2D eigenvalue weighted by Crippen LogP contribution is -2.40. The first-order chi connectivity index (χ1) is 40.1. The van der Waals surface area contributed by atoms with Gasteiger partial charge in [-0.3, -0.25) is 9.59 Å². The van der Waals surface area contributed by atoms with Crippen molar-refractivity contribution in [1.29, 1.82) is 0 Å². The van der Waals surface area contributed by atoms with Gasteiger partial charge in [0.15, 0.2) is 6.10 Å². The van der Waals surface area contributed by atoms with Crippen LogP contribution >= 0.6 is 0 Å². The summed E-state index contributed by atoms with van der Waals surface area (Å²) in [7, 11) is 5.98. The van der Waals surface area contributed by atoms with Crippen LogP contribution < -0.4 is 0 Å². The molecule has 0 aliphatic heterocycles. The van der Waals surface area contributed by atoms with Crippen molar-refractivity contribution in [3.05, 3.63) is 48.6 Å². The molecular weight excluding hydrogens is 1020 g/mol. The Morgan fingerprint density at radius 3 is 1.04 bits per heavy atom. The molecule has 0 heterocycles. The van der Waals surface area contributed by atoms with Gasteiger partial charge in [0, 0.05) is 12.8 Å². The van der Waals surface area contributed by atoms with Gasteiger partial charge in [-0.15, -0.1) is 0 Å². The monoisotopic (exact) mass is 1160 g/mol. The maximum Gasteiger partial charge on any atom is 0.361 e. The first kappa shape index (κ1) is 79.2. The summed E-state index contributed by atoms with van der Waals surface area (Å²) in [6, 6.07) is 0. The van der Waals surface area contributed by atoms with Gasteiger partial charge >= 0.3 is 17.9 Å². The average molecular weight is 1160 g/mol. The molecule has 1 N–H and O–H groups in total. The van der Waals surface area contributed by atoms with Gasteiger partial charge in [-0.2, -0.15) is 0 Å². The van der Waals surface area contributed by atoms with E-state index in [9.17, 15) is 19.5 Å². The summed E-state index contributed by atoms with van der Waals surface area (Å²) in [5.74, 6) is -1.99. The van der Waals surface area contributed by atoms with E-state index in [2.05, 4.69) is 62.5 Å². The molecule has 9 heteroatoms. The van der Waals surface area contributed by atoms with E-state index in [0.717, 1.165) is 77.0 Å². The highest BCUT2D eigenvalue weighted by atomic mass is 16.7. The lowest BCUT2D eigenvalue weighted by atomic mass is 10.0. The summed E-state index contributed by atoms with van der Waals surface area (Å²) in [5, 5.41) is 9.74. The molecule has 2 atom stereocenters. The minimum atomic E-state index is -1.51. The van der Waals surface area contributed by atoms with E-state index < -0.39 is 24.3 Å². The number of ether oxygens (including phenoxy) is 4. The first-order valence-electron chi connectivity index (χ1n) is 35.3. The van der Waals surface area contributed by atoms with Crippen molar-refractivity contribution in [2.45, 2.75) is 354 Å². The number of quaternary nitrogens is 1. The molecule has 0 fully saturated rings. The number of aliphatic carboxylic acids is 1. The van der Waals surface area contributed by atoms with Gasteiger partial charge in [0.25, 0.3) is 6.29 Å². The Morgan fingerprint density at radius 2 is 0.695 bits per heavy atom. The highest BCUT2D eigenvalue weighted by Crippen LogP contribution is 2.19. The van der Waals surface area contributed by atoms with E-state index in [4.69, 9.17) is 18.9 Å². The molecule has 0 bridgehead atoms. The van der Waals surface area contributed by atoms with Gasteiger partial charge in [0.1, 0.15) is 13.2 Å². The van der Waals surface area contributed by atoms with E-state index in [1.807, 2.05) is 21.1 Å². The smallest absolute Gasteiger partial charge is 0.361 e. The molecule has 0 amide bonds. The van der Waals surface area contributed by atoms with Crippen molar-refractivity contribution in [2.75, 3.05) is 47.5 Å². The molecule has 9 nitrogen and oxygen atoms in total. The largest absolute Gasteiger partial charge is 0.477 e. The molecule has 0 radical (unpaired) electrons. The fourth-order valence-electron chi connectivity index (χ4n) is 10.5. The second-order valence-electron chi connectivity index (χ2n) is 25.2. The zero-order valence-corrected chi connectivity index (χ0v) is 54.9. The first-order valence-corrected chi connectivity index (χ1v) is 35.3. The zero-order chi connectivity index (χ0) is 59.8. The molecule has 0 saturated carbocycles. The van der Waals surface area contributed by atoms with Crippen LogP contribution in [0.15, 0.2) is 48.6 Å². The number of likely N-dealkylation sites (N-methyl/N-ethyl adjacent to an activating group) is 1. The zero-order valence-electron chi connectivity index (χ0n) is 54.9. The van der Waals surface area contributed by atoms with Gasteiger partial charge in [0.2, 0.25) is 0 Å². The topological polar surface area (TPSA) is 108 Å². The van der Waals surface area contributed by atoms with Crippen LogP contribution in [-0.2, 0) is 33.3 Å². The van der Waals surface area contributed by atoms with Crippen LogP contribution in [0.4, 0.5) is 0 Å². The summed E-state index contributed by atoms with van der Waals surface area (Å²) in [6.07, 6.45) is 79.5. The maximum absolute atomic E-state index is 12.9. The van der Waals surface area contributed by atoms with E-state index in [1.165, 1.54) is 238 Å². The van der Waals surface area contributed by atoms with Crippen molar-refractivity contribution in [3.63, 3.8) is 0 Å². The number of hydrogen-bond donors (Lipinski definition) is 1. The number of esters is 2. The van der Waals surface area contributed by atoms with Crippen LogP contribution in [0, 0.1) is 0 Å². The van der Waals surface area contributed by atoms with Crippen molar-refractivity contribution < 1.29 is 42.9 Å². The van der Waals surface area contributed by atoms with E-state index in [1.54, 1.807) is 0 Å². The summed E-state index contributed by atoms with van der Waals surface area (Å²) >= 11 is 0. The predicted octanol–water partition coefficient (Wildman–Crippen LogP) is 21.8. The van der Waals surface area contributed by atoms with E-state index >= 15 is 0 Å². The fraction of sp³-hybridized carbons (Fsp3) is 0.849. The minimum Gasteiger partial charge on any atom is -0.477 e. The second kappa shape index (κ2) is 64.3. The van der Waals surface area contributed by atoms with Crippen molar-refractivity contribution in [2.24, 2.45) is 0 Å². The van der Waals surface area contributed by atoms with Gasteiger partial charge in [-0.1, -0.05) is 326 Å². The fourth-order valence-corrected chi connectivity index (χ4v) is 10.5. The molecule has 0 aliphatic rings. The third kappa shape index (κ3) is 64.8. The molecule has 0 spiro atoms. The summed E-state index contributed by atoms with van der Waals surface area (Å²) in [4.78, 5) is 37.6. The number of nitrogens with zero attached hydrogens (tertiary/aromatic N) is 1. The standard InChI is InChI=1S/C73H135NO8/c1-6-8-10-12-14-16-18-20-22-24-26-28-30-31-32-33-34-35-36-37-38-39-40-42-43-45-47-49-51-53-55-57-59-61-63-70(75)80-67-69(68-81-73(72(77)78)79-66-65-74(3,4)5)82-71(76)64-62-60-58-56-54-52-50-48-46-44-41-29-27-25-23-21-19-17-15-13-11-9-7-2/h9,11,15,17,21,23,27,29,69,73H,6-8,10,12-14,16,18-20,22,24-26,28,30-68H2,1-5H3/p+1/b11-9-,17-15-,23-21-,29-27-. The number of hydrogen-bond acceptors (Lipinski definition) is 7. The second-order valence-corrected chi connectivity index (χ2v) is 25.2. The Labute approximate surface area is 508 Å². The molecule has 480 valence electrons. The number of carboxylic acids is 1.